The second kappa shape index (κ2) is 10.2. The van der Waals surface area contributed by atoms with Crippen LogP contribution in [0.2, 0.25) is 0 Å². The van der Waals surface area contributed by atoms with Crippen molar-refractivity contribution in [1.29, 1.82) is 0 Å². The fraction of sp³-hybridized carbons (Fsp3) is 0.938. The summed E-state index contributed by atoms with van der Waals surface area (Å²) >= 11 is 0. The normalized spacial score (nSPS) is 20.8. The maximum atomic E-state index is 11.6. The van der Waals surface area contributed by atoms with E-state index in [-0.39, 0.29) is 0 Å². The summed E-state index contributed by atoms with van der Waals surface area (Å²) < 4.78 is 0. The van der Waals surface area contributed by atoms with Gasteiger partial charge in [0.2, 0.25) is 5.91 Å². The van der Waals surface area contributed by atoms with E-state index in [0.717, 1.165) is 32.5 Å². The Hall–Kier alpha value is -0.570. The first kappa shape index (κ1) is 18.4. The van der Waals surface area contributed by atoms with Crippen LogP contribution in [0.1, 0.15) is 67.2 Å². The van der Waals surface area contributed by atoms with Crippen molar-refractivity contribution in [3.63, 3.8) is 0 Å². The third-order valence-electron chi connectivity index (χ3n) is 3.78. The second-order valence-electron chi connectivity index (χ2n) is 5.05. The van der Waals surface area contributed by atoms with E-state index in [9.17, 15) is 4.79 Å². The number of piperidine rings is 1. The molecule has 1 amide bonds. The predicted molar refractivity (Wildman–Crippen MR) is 83.4 cm³/mol. The molecular formula is C16H34N2O. The van der Waals surface area contributed by atoms with Crippen LogP contribution in [0.5, 0.6) is 0 Å². The molecule has 0 atom stereocenters. The Balaban J connectivity index is 0.000000741. The van der Waals surface area contributed by atoms with E-state index in [2.05, 4.69) is 23.6 Å². The number of amides is 1. The molecule has 2 rings (SSSR count). The molecule has 0 aromatic heterocycles. The van der Waals surface area contributed by atoms with E-state index in [1.54, 1.807) is 0 Å². The van der Waals surface area contributed by atoms with Crippen molar-refractivity contribution in [3.8, 4) is 0 Å². The van der Waals surface area contributed by atoms with Crippen molar-refractivity contribution in [1.82, 2.24) is 9.80 Å². The van der Waals surface area contributed by atoms with Crippen LogP contribution in [0.15, 0.2) is 0 Å². The van der Waals surface area contributed by atoms with Crippen LogP contribution in [0, 0.1) is 0 Å². The summed E-state index contributed by atoms with van der Waals surface area (Å²) in [5.41, 5.74) is 0. The van der Waals surface area contributed by atoms with Gasteiger partial charge in [0.1, 0.15) is 0 Å². The van der Waals surface area contributed by atoms with Crippen LogP contribution in [0.25, 0.3) is 0 Å². The van der Waals surface area contributed by atoms with Crippen molar-refractivity contribution in [2.24, 2.45) is 0 Å². The largest absolute Gasteiger partial charge is 0.340 e. The summed E-state index contributed by atoms with van der Waals surface area (Å²) in [6.07, 6.45) is 4.20. The molecule has 3 heteroatoms. The van der Waals surface area contributed by atoms with Gasteiger partial charge in [0.05, 0.1) is 0 Å². The fourth-order valence-corrected chi connectivity index (χ4v) is 2.77. The van der Waals surface area contributed by atoms with Gasteiger partial charge in [0.15, 0.2) is 0 Å². The maximum absolute atomic E-state index is 11.6. The van der Waals surface area contributed by atoms with Gasteiger partial charge in [-0.05, 0) is 33.1 Å². The van der Waals surface area contributed by atoms with Gasteiger partial charge in [-0.2, -0.15) is 0 Å². The molecule has 114 valence electrons. The molecule has 0 aromatic carbocycles. The van der Waals surface area contributed by atoms with Crippen LogP contribution in [0.4, 0.5) is 0 Å². The van der Waals surface area contributed by atoms with Gasteiger partial charge in [0, 0.05) is 38.1 Å². The molecule has 0 unspecified atom stereocenters. The van der Waals surface area contributed by atoms with Crippen molar-refractivity contribution in [2.45, 2.75) is 79.3 Å². The summed E-state index contributed by atoms with van der Waals surface area (Å²) in [5, 5.41) is 0. The number of carbonyl (C=O) groups is 1. The highest BCUT2D eigenvalue weighted by Gasteiger charge is 2.30. The lowest BCUT2D eigenvalue weighted by molar-refractivity contribution is -0.130. The van der Waals surface area contributed by atoms with Gasteiger partial charge < -0.3 is 9.80 Å². The molecule has 0 saturated carbocycles. The van der Waals surface area contributed by atoms with Crippen LogP contribution in [-0.4, -0.2) is 47.4 Å². The minimum absolute atomic E-state index is 0.387. The second-order valence-corrected chi connectivity index (χ2v) is 5.05. The molecule has 0 radical (unpaired) electrons. The lowest BCUT2D eigenvalue weighted by atomic mass is 10.0. The standard InChI is InChI=1S/C12H22N2O.2C2H6/c1-10(2)13-8-5-11(6-9-13)14-7-3-4-12(14)15;2*1-2/h10-11H,3-9H2,1-2H3;2*1-2H3. The zero-order valence-electron chi connectivity index (χ0n) is 13.9. The number of hydrogen-bond donors (Lipinski definition) is 0. The van der Waals surface area contributed by atoms with Crippen molar-refractivity contribution < 1.29 is 4.79 Å². The Kier molecular flexibility index (Phi) is 9.94. The Morgan fingerprint density at radius 3 is 1.89 bits per heavy atom. The van der Waals surface area contributed by atoms with Crippen molar-refractivity contribution in [3.05, 3.63) is 0 Å². The third kappa shape index (κ3) is 5.52. The maximum Gasteiger partial charge on any atom is 0.222 e. The highest BCUT2D eigenvalue weighted by molar-refractivity contribution is 5.78. The highest BCUT2D eigenvalue weighted by Crippen LogP contribution is 2.22. The van der Waals surface area contributed by atoms with Gasteiger partial charge in [-0.3, -0.25) is 4.79 Å². The fourth-order valence-electron chi connectivity index (χ4n) is 2.77. The molecule has 2 fully saturated rings. The van der Waals surface area contributed by atoms with E-state index in [0.29, 0.717) is 18.0 Å². The van der Waals surface area contributed by atoms with Crippen molar-refractivity contribution in [2.75, 3.05) is 19.6 Å². The number of rotatable bonds is 2. The molecule has 0 aromatic rings. The van der Waals surface area contributed by atoms with Gasteiger partial charge in [-0.25, -0.2) is 0 Å². The molecule has 19 heavy (non-hydrogen) atoms. The Labute approximate surface area is 120 Å². The summed E-state index contributed by atoms with van der Waals surface area (Å²) in [6, 6.07) is 1.19. The molecule has 2 heterocycles. The molecule has 2 aliphatic heterocycles. The Morgan fingerprint density at radius 2 is 1.53 bits per heavy atom. The summed E-state index contributed by atoms with van der Waals surface area (Å²) in [5.74, 6) is 0.387. The smallest absolute Gasteiger partial charge is 0.222 e. The van der Waals surface area contributed by atoms with Crippen LogP contribution >= 0.6 is 0 Å². The molecule has 3 nitrogen and oxygen atoms in total. The van der Waals surface area contributed by atoms with E-state index < -0.39 is 0 Å². The first-order valence-corrected chi connectivity index (χ1v) is 8.22. The van der Waals surface area contributed by atoms with Crippen LogP contribution in [0.3, 0.4) is 0 Å². The average Bonchev–Trinajstić information content (AvgIpc) is 2.89. The summed E-state index contributed by atoms with van der Waals surface area (Å²) in [7, 11) is 0. The molecule has 0 aliphatic carbocycles. The van der Waals surface area contributed by atoms with Crippen LogP contribution < -0.4 is 0 Å². The number of hydrogen-bond acceptors (Lipinski definition) is 2. The van der Waals surface area contributed by atoms with E-state index in [1.807, 2.05) is 27.7 Å². The SMILES string of the molecule is CC.CC.CC(C)N1CCC(N2CCCC2=O)CC1. The van der Waals surface area contributed by atoms with E-state index in [1.165, 1.54) is 12.8 Å². The monoisotopic (exact) mass is 270 g/mol. The molecular weight excluding hydrogens is 236 g/mol. The molecule has 2 aliphatic rings. The van der Waals surface area contributed by atoms with Crippen LogP contribution in [-0.2, 0) is 4.79 Å². The number of nitrogens with zero attached hydrogens (tertiary/aromatic N) is 2. The Bertz CT molecular complexity index is 233. The van der Waals surface area contributed by atoms with Gasteiger partial charge in [0.25, 0.3) is 0 Å². The topological polar surface area (TPSA) is 23.6 Å². The minimum Gasteiger partial charge on any atom is -0.340 e. The predicted octanol–water partition coefficient (Wildman–Crippen LogP) is 3.53. The molecule has 0 bridgehead atoms. The number of likely N-dealkylation sites (tertiary alicyclic amines) is 2. The summed E-state index contributed by atoms with van der Waals surface area (Å²) in [6.45, 7) is 15.8. The molecule has 0 spiro atoms. The highest BCUT2D eigenvalue weighted by atomic mass is 16.2. The first-order valence-electron chi connectivity index (χ1n) is 8.22. The zero-order chi connectivity index (χ0) is 14.8. The van der Waals surface area contributed by atoms with E-state index in [4.69, 9.17) is 0 Å². The lowest BCUT2D eigenvalue weighted by Gasteiger charge is -2.38. The zero-order valence-corrected chi connectivity index (χ0v) is 13.9. The van der Waals surface area contributed by atoms with E-state index >= 15 is 0 Å². The third-order valence-corrected chi connectivity index (χ3v) is 3.78. The first-order chi connectivity index (χ1) is 9.18. The lowest BCUT2D eigenvalue weighted by Crippen LogP contribution is -2.47. The van der Waals surface area contributed by atoms with Crippen molar-refractivity contribution >= 4 is 5.91 Å². The number of carbonyl (C=O) groups excluding carboxylic acids is 1. The van der Waals surface area contributed by atoms with Gasteiger partial charge in [-0.1, -0.05) is 27.7 Å². The molecule has 0 N–H and O–H groups in total. The summed E-state index contributed by atoms with van der Waals surface area (Å²) in [4.78, 5) is 16.2. The Morgan fingerprint density at radius 1 is 1.00 bits per heavy atom. The minimum atomic E-state index is 0.387. The van der Waals surface area contributed by atoms with Gasteiger partial charge >= 0.3 is 0 Å². The van der Waals surface area contributed by atoms with Gasteiger partial charge in [-0.15, -0.1) is 0 Å². The average molecular weight is 270 g/mol. The molecule has 2 saturated heterocycles. The quantitative estimate of drug-likeness (QED) is 0.766.